The Bertz CT molecular complexity index is 1050. The number of anilines is 1. The summed E-state index contributed by atoms with van der Waals surface area (Å²) in [5.41, 5.74) is 0.434. The molecule has 1 N–H and O–H groups in total. The first-order valence-electron chi connectivity index (χ1n) is 9.98. The number of hydrogen-bond donors (Lipinski definition) is 1. The highest BCUT2D eigenvalue weighted by molar-refractivity contribution is 6.34. The van der Waals surface area contributed by atoms with Gasteiger partial charge in [-0.05, 0) is 26.8 Å². The molecule has 0 saturated heterocycles. The first kappa shape index (κ1) is 26.2. The van der Waals surface area contributed by atoms with Crippen molar-refractivity contribution in [3.8, 4) is 23.0 Å². The van der Waals surface area contributed by atoms with Crippen LogP contribution in [0.1, 0.15) is 20.8 Å². The van der Waals surface area contributed by atoms with Crippen molar-refractivity contribution in [2.75, 3.05) is 32.8 Å². The summed E-state index contributed by atoms with van der Waals surface area (Å²) in [6.45, 7) is 5.58. The number of nitrogens with zero attached hydrogens (tertiary/aromatic N) is 2. The predicted octanol–water partition coefficient (Wildman–Crippen LogP) is 5.49. The Morgan fingerprint density at radius 2 is 1.64 bits per heavy atom. The van der Waals surface area contributed by atoms with Gasteiger partial charge in [0.2, 0.25) is 6.04 Å². The molecule has 0 saturated carbocycles. The Labute approximate surface area is 202 Å². The molecule has 2 aromatic carbocycles. The van der Waals surface area contributed by atoms with E-state index in [4.69, 9.17) is 42.1 Å². The number of nitrogens with one attached hydrogen (secondary N) is 1. The number of Topliss-reactive ketones (excluding diaryl/α,β-unsaturated/α-hetero) is 1. The lowest BCUT2D eigenvalue weighted by Crippen LogP contribution is -2.32. The number of benzene rings is 2. The van der Waals surface area contributed by atoms with Gasteiger partial charge in [-0.2, -0.15) is 10.2 Å². The van der Waals surface area contributed by atoms with E-state index in [0.717, 1.165) is 0 Å². The van der Waals surface area contributed by atoms with Crippen molar-refractivity contribution in [1.29, 1.82) is 0 Å². The molecule has 0 spiro atoms. The average molecular weight is 498 g/mol. The van der Waals surface area contributed by atoms with Crippen LogP contribution in [0.5, 0.6) is 23.0 Å². The summed E-state index contributed by atoms with van der Waals surface area (Å²) < 4.78 is 21.4. The lowest BCUT2D eigenvalue weighted by molar-refractivity contribution is -0.126. The van der Waals surface area contributed by atoms with Crippen molar-refractivity contribution in [2.45, 2.75) is 26.8 Å². The number of carbonyl (C=O) groups is 2. The predicted molar refractivity (Wildman–Crippen MR) is 126 cm³/mol. The molecule has 0 aliphatic rings. The quantitative estimate of drug-likeness (QED) is 0.324. The van der Waals surface area contributed by atoms with Crippen molar-refractivity contribution in [3.63, 3.8) is 0 Å². The second-order valence-corrected chi connectivity index (χ2v) is 7.31. The molecule has 1 unspecified atom stereocenters. The van der Waals surface area contributed by atoms with Crippen LogP contribution in [0, 0.1) is 0 Å². The van der Waals surface area contributed by atoms with E-state index in [2.05, 4.69) is 15.5 Å². The summed E-state index contributed by atoms with van der Waals surface area (Å²) in [5.74, 6) is 0.206. The summed E-state index contributed by atoms with van der Waals surface area (Å²) in [6.07, 6.45) is 0. The molecule has 178 valence electrons. The molecule has 2 aromatic rings. The largest absolute Gasteiger partial charge is 0.497 e. The Hall–Kier alpha value is -3.04. The van der Waals surface area contributed by atoms with Gasteiger partial charge in [0.05, 0.1) is 38.1 Å². The van der Waals surface area contributed by atoms with Gasteiger partial charge in [-0.15, -0.1) is 0 Å². The minimum atomic E-state index is -1.45. The van der Waals surface area contributed by atoms with Crippen molar-refractivity contribution in [3.05, 3.63) is 34.3 Å². The third-order valence-corrected chi connectivity index (χ3v) is 4.93. The fourth-order valence-corrected chi connectivity index (χ4v) is 3.15. The van der Waals surface area contributed by atoms with E-state index in [1.54, 1.807) is 19.1 Å². The third kappa shape index (κ3) is 6.72. The van der Waals surface area contributed by atoms with Gasteiger partial charge in [-0.3, -0.25) is 9.59 Å². The monoisotopic (exact) mass is 497 g/mol. The minimum absolute atomic E-state index is 0.154. The van der Waals surface area contributed by atoms with E-state index in [1.807, 2.05) is 6.92 Å². The first-order valence-corrected chi connectivity index (χ1v) is 10.7. The van der Waals surface area contributed by atoms with Crippen LogP contribution in [0.2, 0.25) is 10.0 Å². The van der Waals surface area contributed by atoms with Gasteiger partial charge >= 0.3 is 0 Å². The van der Waals surface area contributed by atoms with Gasteiger partial charge in [0.1, 0.15) is 33.7 Å². The van der Waals surface area contributed by atoms with E-state index in [-0.39, 0.29) is 21.4 Å². The second-order valence-electron chi connectivity index (χ2n) is 6.53. The van der Waals surface area contributed by atoms with Crippen LogP contribution < -0.4 is 24.3 Å². The standard InChI is InChI=1S/C22H25Cl2N3O6/c1-6-32-17-11-18(33-7-2)15(10-14(17)23)25-22(29)21(12(3)28)27-26-16-8-13(30-4)9-19(31-5)20(16)24/h8-11,21H,6-7H2,1-5H3,(H,25,29). The maximum Gasteiger partial charge on any atom is 0.258 e. The number of carbonyl (C=O) groups excluding carboxylic acids is 2. The highest BCUT2D eigenvalue weighted by Gasteiger charge is 2.25. The molecule has 0 bridgehead atoms. The van der Waals surface area contributed by atoms with E-state index < -0.39 is 17.7 Å². The fraction of sp³-hybridized carbons (Fsp3) is 0.364. The molecule has 1 atom stereocenters. The Kier molecular flexibility index (Phi) is 9.74. The van der Waals surface area contributed by atoms with Gasteiger partial charge < -0.3 is 24.3 Å². The third-order valence-electron chi connectivity index (χ3n) is 4.26. The molecule has 33 heavy (non-hydrogen) atoms. The molecular formula is C22H25Cl2N3O6. The van der Waals surface area contributed by atoms with E-state index in [0.29, 0.717) is 36.2 Å². The zero-order valence-corrected chi connectivity index (χ0v) is 20.4. The number of rotatable bonds is 11. The average Bonchev–Trinajstić information content (AvgIpc) is 2.78. The van der Waals surface area contributed by atoms with Crippen LogP contribution in [-0.4, -0.2) is 45.2 Å². The second kappa shape index (κ2) is 12.3. The molecule has 1 amide bonds. The number of hydrogen-bond acceptors (Lipinski definition) is 8. The Balaban J connectivity index is 2.35. The van der Waals surface area contributed by atoms with Crippen LogP contribution in [0.4, 0.5) is 11.4 Å². The van der Waals surface area contributed by atoms with Gasteiger partial charge in [0.15, 0.2) is 5.78 Å². The SMILES string of the molecule is CCOc1cc(OCC)c(NC(=O)C(N=Nc2cc(OC)cc(OC)c2Cl)C(C)=O)cc1Cl. The number of methoxy groups -OCH3 is 2. The van der Waals surface area contributed by atoms with Crippen molar-refractivity contribution in [2.24, 2.45) is 10.2 Å². The molecule has 9 nitrogen and oxygen atoms in total. The summed E-state index contributed by atoms with van der Waals surface area (Å²) in [4.78, 5) is 25.1. The van der Waals surface area contributed by atoms with E-state index in [9.17, 15) is 9.59 Å². The van der Waals surface area contributed by atoms with Crippen LogP contribution in [0.25, 0.3) is 0 Å². The van der Waals surface area contributed by atoms with Gasteiger partial charge in [-0.25, -0.2) is 0 Å². The fourth-order valence-electron chi connectivity index (χ4n) is 2.71. The summed E-state index contributed by atoms with van der Waals surface area (Å²) in [6, 6.07) is 4.67. The molecule has 0 radical (unpaired) electrons. The molecule has 2 rings (SSSR count). The zero-order valence-electron chi connectivity index (χ0n) is 18.9. The van der Waals surface area contributed by atoms with Crippen LogP contribution in [-0.2, 0) is 9.59 Å². The van der Waals surface area contributed by atoms with Crippen molar-refractivity contribution >= 4 is 46.3 Å². The Morgan fingerprint density at radius 1 is 0.970 bits per heavy atom. The molecule has 0 aromatic heterocycles. The van der Waals surface area contributed by atoms with Crippen LogP contribution in [0.3, 0.4) is 0 Å². The molecule has 0 heterocycles. The zero-order chi connectivity index (χ0) is 24.5. The summed E-state index contributed by atoms with van der Waals surface area (Å²) >= 11 is 12.5. The number of halogens is 2. The van der Waals surface area contributed by atoms with Gasteiger partial charge in [-0.1, -0.05) is 23.2 Å². The highest BCUT2D eigenvalue weighted by atomic mass is 35.5. The maximum atomic E-state index is 12.9. The first-order chi connectivity index (χ1) is 15.7. The Morgan fingerprint density at radius 3 is 2.21 bits per heavy atom. The minimum Gasteiger partial charge on any atom is -0.497 e. The maximum absolute atomic E-state index is 12.9. The van der Waals surface area contributed by atoms with Crippen LogP contribution >= 0.6 is 23.2 Å². The highest BCUT2D eigenvalue weighted by Crippen LogP contribution is 2.39. The normalized spacial score (nSPS) is 11.7. The number of amides is 1. The number of ether oxygens (including phenoxy) is 4. The summed E-state index contributed by atoms with van der Waals surface area (Å²) in [7, 11) is 2.90. The van der Waals surface area contributed by atoms with Gasteiger partial charge in [0, 0.05) is 18.2 Å². The molecule has 0 aliphatic heterocycles. The summed E-state index contributed by atoms with van der Waals surface area (Å²) in [5, 5.41) is 11.0. The number of azo groups is 1. The molecular weight excluding hydrogens is 473 g/mol. The molecule has 0 fully saturated rings. The lowest BCUT2D eigenvalue weighted by atomic mass is 10.2. The van der Waals surface area contributed by atoms with Gasteiger partial charge in [0.25, 0.3) is 5.91 Å². The smallest absolute Gasteiger partial charge is 0.258 e. The van der Waals surface area contributed by atoms with Crippen molar-refractivity contribution in [1.82, 2.24) is 0 Å². The van der Waals surface area contributed by atoms with Crippen molar-refractivity contribution < 1.29 is 28.5 Å². The molecule has 0 aliphatic carbocycles. The topological polar surface area (TPSA) is 108 Å². The van der Waals surface area contributed by atoms with E-state index in [1.165, 1.54) is 33.3 Å². The molecule has 11 heteroatoms. The number of ketones is 1. The lowest BCUT2D eigenvalue weighted by Gasteiger charge is -2.16. The van der Waals surface area contributed by atoms with E-state index >= 15 is 0 Å². The van der Waals surface area contributed by atoms with Crippen LogP contribution in [0.15, 0.2) is 34.5 Å².